The summed E-state index contributed by atoms with van der Waals surface area (Å²) in [7, 11) is 0. The van der Waals surface area contributed by atoms with E-state index >= 15 is 0 Å². The molecule has 0 atom stereocenters. The van der Waals surface area contributed by atoms with Crippen molar-refractivity contribution in [3.8, 4) is 0 Å². The molecule has 0 saturated carbocycles. The molecule has 38 heavy (non-hydrogen) atoms. The van der Waals surface area contributed by atoms with E-state index in [0.29, 0.717) is 0 Å². The zero-order valence-electron chi connectivity index (χ0n) is 16.9. The minimum atomic E-state index is -5.35. The van der Waals surface area contributed by atoms with Gasteiger partial charge in [0.05, 0.1) is 33.4 Å². The third kappa shape index (κ3) is 11.2. The average molecular weight is 719 g/mol. The van der Waals surface area contributed by atoms with Crippen molar-refractivity contribution in [1.29, 1.82) is 0 Å². The predicted octanol–water partition coefficient (Wildman–Crippen LogP) is 5.71. The second kappa shape index (κ2) is 12.2. The van der Waals surface area contributed by atoms with Gasteiger partial charge in [-0.3, -0.25) is 0 Å². The van der Waals surface area contributed by atoms with E-state index in [2.05, 4.69) is 0 Å². The smallest absolute Gasteiger partial charge is 0.417 e. The number of hydrogen-bond donors (Lipinski definition) is 0. The van der Waals surface area contributed by atoms with Gasteiger partial charge < -0.3 is 12.4 Å². The van der Waals surface area contributed by atoms with E-state index in [1.54, 1.807) is 0 Å². The number of rotatable bonds is 0. The number of benzene rings is 2. The van der Waals surface area contributed by atoms with Crippen LogP contribution in [0.25, 0.3) is 0 Å². The molecule has 0 bridgehead atoms. The maximum Gasteiger partial charge on any atom is 0.417 e. The molecular weight excluding hydrogens is 715 g/mol. The van der Waals surface area contributed by atoms with Gasteiger partial charge in [0.25, 0.3) is 0 Å². The summed E-state index contributed by atoms with van der Waals surface area (Å²) in [6.07, 6.45) is -32.0. The molecule has 0 heterocycles. The molecule has 0 spiro atoms. The molecule has 0 aliphatic carbocycles. The molecule has 0 aliphatic heterocycles. The summed E-state index contributed by atoms with van der Waals surface area (Å²) in [5.41, 5.74) is -12.5. The first kappa shape index (κ1) is 38.4. The molecule has 5 radical (unpaired) electrons. The van der Waals surface area contributed by atoms with E-state index < -0.39 is 94.7 Å². The fourth-order valence-electron chi connectivity index (χ4n) is 2.08. The first-order valence-electron chi connectivity index (χ1n) is 8.21. The van der Waals surface area contributed by atoms with Gasteiger partial charge in [-0.05, 0) is 24.3 Å². The van der Waals surface area contributed by atoms with Gasteiger partial charge in [-0.1, -0.05) is 0 Å². The van der Waals surface area contributed by atoms with Gasteiger partial charge in [-0.2, -0.15) is 79.0 Å². The first-order valence-corrected chi connectivity index (χ1v) is 8.21. The predicted molar refractivity (Wildman–Crippen MR) is 86.3 cm³/mol. The van der Waals surface area contributed by atoms with Crippen LogP contribution < -0.4 is 12.4 Å². The Morgan fingerprint density at radius 3 is 0.605 bits per heavy atom. The fourth-order valence-corrected chi connectivity index (χ4v) is 2.08. The zero-order valence-corrected chi connectivity index (χ0v) is 20.2. The molecule has 0 N–H and O–H groups in total. The first-order chi connectivity index (χ1) is 15.6. The van der Waals surface area contributed by atoms with Gasteiger partial charge in [-0.15, -0.1) is 0 Å². The van der Waals surface area contributed by atoms with Gasteiger partial charge in [0.15, 0.2) is 0 Å². The SMILES string of the molecule is FC(F)(F)c1[c]c(C(F)(F)F)cc(C(F)(F)F)c1.FC(F)(F)c1[c]c(C(F)(F)F)cc(C(F)(F)F)c1.[Cl-].[Sb]. The summed E-state index contributed by atoms with van der Waals surface area (Å²) >= 11 is 0. The van der Waals surface area contributed by atoms with E-state index in [1.165, 1.54) is 0 Å². The van der Waals surface area contributed by atoms with E-state index in [-0.39, 0.29) is 36.8 Å². The molecule has 0 saturated heterocycles. The molecule has 2 aromatic carbocycles. The molecule has 0 nitrogen and oxygen atoms in total. The van der Waals surface area contributed by atoms with Crippen LogP contribution in [0, 0.1) is 12.1 Å². The Labute approximate surface area is 222 Å². The monoisotopic (exact) mass is 718 g/mol. The molecule has 20 heteroatoms. The standard InChI is InChI=1S/2C9H2F9.ClH.Sb/c2*10-7(11,12)4-1-5(8(13,14)15)3-6(2-4)9(16,17)18;;/h2*1-2H;1H;/p-1. The summed E-state index contributed by atoms with van der Waals surface area (Å²) in [6.45, 7) is 0. The average Bonchev–Trinajstić information content (AvgIpc) is 2.63. The van der Waals surface area contributed by atoms with Crippen molar-refractivity contribution in [2.75, 3.05) is 0 Å². The van der Waals surface area contributed by atoms with E-state index in [9.17, 15) is 79.0 Å². The van der Waals surface area contributed by atoms with E-state index in [0.717, 1.165) is 12.1 Å². The van der Waals surface area contributed by atoms with E-state index in [4.69, 9.17) is 0 Å². The number of halogens is 19. The topological polar surface area (TPSA) is 0 Å². The van der Waals surface area contributed by atoms with Gasteiger partial charge in [0.2, 0.25) is 0 Å². The molecule has 2 aromatic rings. The molecular formula is C18H4ClF18Sb-. The third-order valence-corrected chi connectivity index (χ3v) is 3.61. The Morgan fingerprint density at radius 1 is 0.342 bits per heavy atom. The number of hydrogen-bond acceptors (Lipinski definition) is 0. The minimum absolute atomic E-state index is 0. The van der Waals surface area contributed by atoms with Crippen LogP contribution in [0.1, 0.15) is 33.4 Å². The Bertz CT molecular complexity index is 810. The number of alkyl halides is 18. The van der Waals surface area contributed by atoms with Crippen molar-refractivity contribution in [2.45, 2.75) is 37.1 Å². The van der Waals surface area contributed by atoms with Gasteiger partial charge >= 0.3 is 37.1 Å². The van der Waals surface area contributed by atoms with Crippen LogP contribution in [0.4, 0.5) is 79.0 Å². The third-order valence-electron chi connectivity index (χ3n) is 3.61. The normalized spacial score (nSPS) is 13.1. The Morgan fingerprint density at radius 2 is 0.500 bits per heavy atom. The van der Waals surface area contributed by atoms with Crippen LogP contribution in [-0.4, -0.2) is 24.4 Å². The van der Waals surface area contributed by atoms with Crippen molar-refractivity contribution in [3.63, 3.8) is 0 Å². The Hall–Kier alpha value is -1.71. The van der Waals surface area contributed by atoms with Crippen molar-refractivity contribution in [2.24, 2.45) is 0 Å². The fraction of sp³-hybridized carbons (Fsp3) is 0.333. The molecule has 215 valence electrons. The second-order valence-corrected chi connectivity index (χ2v) is 6.38. The molecule has 0 unspecified atom stereocenters. The van der Waals surface area contributed by atoms with Crippen molar-refractivity contribution in [1.82, 2.24) is 0 Å². The zero-order chi connectivity index (χ0) is 28.7. The van der Waals surface area contributed by atoms with Gasteiger partial charge in [0.1, 0.15) is 0 Å². The molecule has 0 amide bonds. The van der Waals surface area contributed by atoms with Gasteiger partial charge in [-0.25, -0.2) is 0 Å². The summed E-state index contributed by atoms with van der Waals surface area (Å²) in [4.78, 5) is 0. The largest absolute Gasteiger partial charge is 1.00 e. The van der Waals surface area contributed by atoms with Crippen LogP contribution in [-0.2, 0) is 37.1 Å². The Balaban J connectivity index is 0. The summed E-state index contributed by atoms with van der Waals surface area (Å²) in [5, 5.41) is 0. The van der Waals surface area contributed by atoms with Gasteiger partial charge in [0, 0.05) is 36.6 Å². The Kier molecular flexibility index (Phi) is 12.4. The van der Waals surface area contributed by atoms with Crippen LogP contribution >= 0.6 is 0 Å². The summed E-state index contributed by atoms with van der Waals surface area (Å²) in [5.74, 6) is 0. The quantitative estimate of drug-likeness (QED) is 0.242. The van der Waals surface area contributed by atoms with Crippen LogP contribution in [0.5, 0.6) is 0 Å². The maximum atomic E-state index is 12.2. The van der Waals surface area contributed by atoms with Crippen molar-refractivity contribution >= 4 is 24.4 Å². The second-order valence-electron chi connectivity index (χ2n) is 6.38. The molecule has 0 aliphatic rings. The van der Waals surface area contributed by atoms with Crippen LogP contribution in [0.15, 0.2) is 24.3 Å². The van der Waals surface area contributed by atoms with Crippen LogP contribution in [0.3, 0.4) is 0 Å². The van der Waals surface area contributed by atoms with Crippen molar-refractivity contribution in [3.05, 3.63) is 69.8 Å². The molecule has 0 fully saturated rings. The molecule has 0 aromatic heterocycles. The summed E-state index contributed by atoms with van der Waals surface area (Å²) in [6, 6.07) is 0.0881. The maximum absolute atomic E-state index is 12.2. The van der Waals surface area contributed by atoms with Crippen LogP contribution in [0.2, 0.25) is 0 Å². The molecule has 2 rings (SSSR count). The van der Waals surface area contributed by atoms with E-state index in [1.807, 2.05) is 0 Å². The summed E-state index contributed by atoms with van der Waals surface area (Å²) < 4.78 is 219. The minimum Gasteiger partial charge on any atom is -1.00 e. The van der Waals surface area contributed by atoms with Crippen molar-refractivity contribution < 1.29 is 91.4 Å².